The number of aryl methyl sites for hydroxylation is 1. The fraction of sp³-hybridized carbons (Fsp3) is 0.194. The van der Waals surface area contributed by atoms with Gasteiger partial charge in [-0.3, -0.25) is 43.7 Å². The minimum atomic E-state index is -1.01. The van der Waals surface area contributed by atoms with Crippen molar-refractivity contribution in [2.45, 2.75) is 40.4 Å². The molecule has 6 heterocycles. The summed E-state index contributed by atoms with van der Waals surface area (Å²) in [6, 6.07) is 43.5. The van der Waals surface area contributed by atoms with Gasteiger partial charge >= 0.3 is 36.8 Å². The van der Waals surface area contributed by atoms with E-state index >= 15 is 0 Å². The van der Waals surface area contributed by atoms with Crippen molar-refractivity contribution in [2.24, 2.45) is 0 Å². The van der Waals surface area contributed by atoms with Crippen LogP contribution in [0.5, 0.6) is 0 Å². The van der Waals surface area contributed by atoms with Gasteiger partial charge in [0.1, 0.15) is 19.6 Å². The van der Waals surface area contributed by atoms with Crippen molar-refractivity contribution in [3.63, 3.8) is 0 Å². The van der Waals surface area contributed by atoms with Gasteiger partial charge in [-0.25, -0.2) is 0 Å². The van der Waals surface area contributed by atoms with Crippen LogP contribution >= 0.6 is 50.7 Å². The SMILES string of the molecule is CCOC(=O)Cn1c2cc(-c3ccccn3)ccc2c(=O)c2ccc(Cl)c(N(C)C)c21.CCOC(=O)Cn1c2cc(Br)ccc2c(=O)c2ccc(Cl)c(N(C)C)c21.CN(C)c1c(Cl)ccc2c(=O)c3ccc(-c4ccccn4)cc3n(CC(=O)O)c12.Cc1ccccn1.[CH3-].[Li+].[OH-]. The topological polar surface area (TPSA) is 234 Å². The van der Waals surface area contributed by atoms with Crippen molar-refractivity contribution in [1.82, 2.24) is 28.7 Å². The molecule has 0 fully saturated rings. The number of carboxylic acid groups (broad SMARTS) is 1. The Morgan fingerprint density at radius 3 is 1.11 bits per heavy atom. The van der Waals surface area contributed by atoms with Crippen molar-refractivity contribution in [3.8, 4) is 22.5 Å². The fourth-order valence-electron chi connectivity index (χ4n) is 11.1. The number of ether oxygens (including phenoxy) is 2. The Labute approximate surface area is 589 Å². The van der Waals surface area contributed by atoms with E-state index in [-0.39, 0.29) is 86.2 Å². The van der Waals surface area contributed by atoms with E-state index in [2.05, 4.69) is 30.9 Å². The molecule has 19 nitrogen and oxygen atoms in total. The molecular formula is C72H69BrCl3LiN9O10-. The molecule has 0 aliphatic heterocycles. The second kappa shape index (κ2) is 33.5. The predicted octanol–water partition coefficient (Wildman–Crippen LogP) is 11.4. The fourth-order valence-corrected chi connectivity index (χ4v) is 12.4. The first-order valence-corrected chi connectivity index (χ1v) is 31.2. The molecule has 24 heteroatoms. The number of anilines is 3. The van der Waals surface area contributed by atoms with Gasteiger partial charge in [-0.2, -0.15) is 0 Å². The Bertz CT molecular complexity index is 5020. The third kappa shape index (κ3) is 16.4. The first-order chi connectivity index (χ1) is 44.5. The molecule has 0 atom stereocenters. The van der Waals surface area contributed by atoms with Gasteiger partial charge in [0.05, 0.1) is 89.8 Å². The zero-order valence-corrected chi connectivity index (χ0v) is 58.7. The monoisotopic (exact) mass is 1410 g/mol. The molecule has 0 unspecified atom stereocenters. The Balaban J connectivity index is 0.000000213. The molecule has 2 N–H and O–H groups in total. The maximum Gasteiger partial charge on any atom is 1.00 e. The number of carboxylic acids is 1. The van der Waals surface area contributed by atoms with Crippen LogP contribution in [0.3, 0.4) is 0 Å². The number of carbonyl (C=O) groups excluding carboxylic acids is 2. The number of benzene rings is 6. The van der Waals surface area contributed by atoms with Crippen LogP contribution in [0.4, 0.5) is 17.1 Å². The van der Waals surface area contributed by atoms with Gasteiger partial charge in [-0.1, -0.05) is 81.1 Å². The van der Waals surface area contributed by atoms with Crippen LogP contribution in [0.25, 0.3) is 87.9 Å². The number of fused-ring (bicyclic) bond motifs is 6. The molecule has 492 valence electrons. The molecule has 0 aliphatic rings. The number of hydrogen-bond acceptors (Lipinski definition) is 15. The summed E-state index contributed by atoms with van der Waals surface area (Å²) in [6.45, 7) is 5.70. The zero-order chi connectivity index (χ0) is 66.9. The van der Waals surface area contributed by atoms with Crippen LogP contribution in [0.2, 0.25) is 15.1 Å². The van der Waals surface area contributed by atoms with Gasteiger partial charge in [0.2, 0.25) is 0 Å². The predicted molar refractivity (Wildman–Crippen MR) is 388 cm³/mol. The van der Waals surface area contributed by atoms with Crippen LogP contribution in [-0.2, 0) is 43.5 Å². The van der Waals surface area contributed by atoms with E-state index in [1.54, 1.807) is 101 Å². The summed E-state index contributed by atoms with van der Waals surface area (Å²) in [5, 5.41) is 14.0. The van der Waals surface area contributed by atoms with Crippen LogP contribution in [-0.4, -0.2) is 113 Å². The Morgan fingerprint density at radius 1 is 0.479 bits per heavy atom. The molecule has 0 spiro atoms. The zero-order valence-electron chi connectivity index (χ0n) is 54.8. The van der Waals surface area contributed by atoms with E-state index in [4.69, 9.17) is 44.3 Å². The van der Waals surface area contributed by atoms with Crippen LogP contribution in [0.15, 0.2) is 183 Å². The summed E-state index contributed by atoms with van der Waals surface area (Å²) >= 11 is 22.8. The standard InChI is InChI=1S/C24H22ClN3O3.C22H18ClN3O3.C19H18BrClN2O3.C6H7N.CH3.Li.H2O/c1-4-31-21(29)14-28-20-13-15(19-7-5-6-12-26-19)8-9-16(20)24(30)17-10-11-18(25)23(22(17)28)27(2)3;1-25(2)21-16(23)9-8-15-20(21)26(12-19(27)28)18-11-13(6-7-14(18)22(15)29)17-5-3-4-10-24-17;1-4-26-16(24)10-23-15-9-11(20)5-6-12(15)19(25)13-7-8-14(21)18(17(13)23)22(2)3;1-6-4-2-3-5-7-6;;;/h5-13H,4,14H2,1-3H3;3-11H,12H2,1-2H3,(H,27,28);5-9H,4,10H2,1-3H3;2-5H,1H3;1H3;;1H2/q;;;;-1;+1;/p-1. The molecule has 0 bridgehead atoms. The van der Waals surface area contributed by atoms with E-state index in [0.29, 0.717) is 104 Å². The number of nitrogens with zero attached hydrogens (tertiary/aromatic N) is 9. The van der Waals surface area contributed by atoms with Gasteiger partial charge in [0.15, 0.2) is 16.3 Å². The third-order valence-electron chi connectivity index (χ3n) is 15.0. The number of halogens is 4. The van der Waals surface area contributed by atoms with Crippen molar-refractivity contribution in [2.75, 3.05) is 70.2 Å². The first-order valence-electron chi connectivity index (χ1n) is 29.3. The maximum atomic E-state index is 13.4. The first kappa shape index (κ1) is 75.9. The van der Waals surface area contributed by atoms with E-state index in [1.165, 1.54) is 0 Å². The molecule has 0 saturated heterocycles. The Morgan fingerprint density at radius 2 is 0.812 bits per heavy atom. The smallest absolute Gasteiger partial charge is 0.870 e. The largest absolute Gasteiger partial charge is 1.00 e. The van der Waals surface area contributed by atoms with Crippen molar-refractivity contribution < 1.29 is 53.3 Å². The molecule has 96 heavy (non-hydrogen) atoms. The number of hydrogen-bond donors (Lipinski definition) is 1. The summed E-state index contributed by atoms with van der Waals surface area (Å²) < 4.78 is 16.4. The Hall–Kier alpha value is -9.10. The number of esters is 2. The Kier molecular flexibility index (Phi) is 26.5. The molecule has 0 radical (unpaired) electrons. The molecule has 6 aromatic heterocycles. The van der Waals surface area contributed by atoms with Crippen molar-refractivity contribution in [3.05, 3.63) is 228 Å². The van der Waals surface area contributed by atoms with Crippen molar-refractivity contribution in [1.29, 1.82) is 0 Å². The molecule has 6 aromatic carbocycles. The quantitative estimate of drug-likeness (QED) is 0.0489. The van der Waals surface area contributed by atoms with Gasteiger partial charge < -0.3 is 55.9 Å². The average Bonchev–Trinajstić information content (AvgIpc) is 0.753. The normalized spacial score (nSPS) is 10.6. The second-order valence-electron chi connectivity index (χ2n) is 21.8. The summed E-state index contributed by atoms with van der Waals surface area (Å²) in [6.07, 6.45) is 5.19. The number of rotatable bonds is 13. The van der Waals surface area contributed by atoms with E-state index < -0.39 is 5.97 Å². The molecule has 12 aromatic rings. The van der Waals surface area contributed by atoms with E-state index in [1.807, 2.05) is 155 Å². The molecule has 0 amide bonds. The van der Waals surface area contributed by atoms with Crippen molar-refractivity contribution >= 4 is 151 Å². The van der Waals surface area contributed by atoms with Gasteiger partial charge in [0.25, 0.3) is 0 Å². The number of carbonyl (C=O) groups is 3. The summed E-state index contributed by atoms with van der Waals surface area (Å²) in [5.41, 5.74) is 9.33. The molecule has 0 aliphatic carbocycles. The van der Waals surface area contributed by atoms with Gasteiger partial charge in [0, 0.05) is 114 Å². The number of aromatic nitrogens is 6. The minimum Gasteiger partial charge on any atom is -0.870 e. The van der Waals surface area contributed by atoms with Crippen LogP contribution in [0, 0.1) is 14.4 Å². The number of pyridine rings is 6. The summed E-state index contributed by atoms with van der Waals surface area (Å²) in [5.74, 6) is -1.77. The maximum absolute atomic E-state index is 13.4. The van der Waals surface area contributed by atoms with E-state index in [9.17, 15) is 33.9 Å². The second-order valence-corrected chi connectivity index (χ2v) is 24.0. The summed E-state index contributed by atoms with van der Waals surface area (Å²) in [4.78, 5) is 94.4. The molecular weight excluding hydrogens is 1340 g/mol. The molecule has 0 saturated carbocycles. The third-order valence-corrected chi connectivity index (χ3v) is 16.4. The van der Waals surface area contributed by atoms with Crippen LogP contribution < -0.4 is 49.8 Å². The molecule has 12 rings (SSSR count). The van der Waals surface area contributed by atoms with E-state index in [0.717, 1.165) is 32.7 Å². The van der Waals surface area contributed by atoms with Crippen LogP contribution in [0.1, 0.15) is 19.5 Å². The minimum absolute atomic E-state index is 0. The van der Waals surface area contributed by atoms with Gasteiger partial charge in [-0.05, 0) is 136 Å². The number of aliphatic carboxylic acids is 1. The summed E-state index contributed by atoms with van der Waals surface area (Å²) in [7, 11) is 11.0. The average molecular weight is 1410 g/mol. The van der Waals surface area contributed by atoms with Gasteiger partial charge in [-0.15, -0.1) is 0 Å².